The Morgan fingerprint density at radius 2 is 1.88 bits per heavy atom. The molecule has 0 fully saturated rings. The van der Waals surface area contributed by atoms with Gasteiger partial charge in [-0.05, 0) is 16.3 Å². The van der Waals surface area contributed by atoms with Gasteiger partial charge in [-0.1, -0.05) is 47.6 Å². The number of fused-ring (bicyclic) bond motifs is 1. The number of carboxylic acids is 1. The van der Waals surface area contributed by atoms with Crippen molar-refractivity contribution in [2.45, 2.75) is 12.5 Å². The van der Waals surface area contributed by atoms with Crippen molar-refractivity contribution in [2.24, 2.45) is 5.18 Å². The van der Waals surface area contributed by atoms with Gasteiger partial charge in [0.15, 0.2) is 6.04 Å². The summed E-state index contributed by atoms with van der Waals surface area (Å²) in [6, 6.07) is 12.1. The zero-order valence-electron chi connectivity index (χ0n) is 9.04. The molecule has 2 aromatic rings. The molecule has 86 valence electrons. The van der Waals surface area contributed by atoms with Crippen LogP contribution in [0, 0.1) is 4.91 Å². The van der Waals surface area contributed by atoms with Gasteiger partial charge in [-0.15, -0.1) is 4.91 Å². The maximum absolute atomic E-state index is 10.8. The quantitative estimate of drug-likeness (QED) is 0.819. The Hall–Kier alpha value is -2.23. The molecular weight excluding hydrogens is 218 g/mol. The molecule has 1 N–H and O–H groups in total. The first-order chi connectivity index (χ1) is 8.22. The van der Waals surface area contributed by atoms with Crippen molar-refractivity contribution in [3.05, 3.63) is 52.9 Å². The summed E-state index contributed by atoms with van der Waals surface area (Å²) in [5.41, 5.74) is 0.829. The summed E-state index contributed by atoms with van der Waals surface area (Å²) in [7, 11) is 0. The van der Waals surface area contributed by atoms with Gasteiger partial charge in [0.2, 0.25) is 0 Å². The largest absolute Gasteiger partial charge is 0.480 e. The van der Waals surface area contributed by atoms with Gasteiger partial charge in [-0.2, -0.15) is 0 Å². The molecule has 0 spiro atoms. The summed E-state index contributed by atoms with van der Waals surface area (Å²) in [4.78, 5) is 21.2. The van der Waals surface area contributed by atoms with E-state index >= 15 is 0 Å². The molecule has 0 bridgehead atoms. The maximum atomic E-state index is 10.8. The predicted molar refractivity (Wildman–Crippen MR) is 64.9 cm³/mol. The second-order valence-corrected chi connectivity index (χ2v) is 3.80. The number of rotatable bonds is 4. The number of aliphatic carboxylic acids is 1. The molecule has 1 atom stereocenters. The number of nitrogens with zero attached hydrogens (tertiary/aromatic N) is 1. The van der Waals surface area contributed by atoms with Crippen molar-refractivity contribution in [1.29, 1.82) is 0 Å². The van der Waals surface area contributed by atoms with E-state index in [0.29, 0.717) is 0 Å². The first-order valence-electron chi connectivity index (χ1n) is 5.24. The number of hydrogen-bond donors (Lipinski definition) is 1. The zero-order valence-corrected chi connectivity index (χ0v) is 9.04. The van der Waals surface area contributed by atoms with E-state index in [1.54, 1.807) is 0 Å². The van der Waals surface area contributed by atoms with Gasteiger partial charge >= 0.3 is 5.97 Å². The van der Waals surface area contributed by atoms with Gasteiger partial charge in [0.25, 0.3) is 0 Å². The lowest BCUT2D eigenvalue weighted by atomic mass is 9.99. The summed E-state index contributed by atoms with van der Waals surface area (Å²) in [5.74, 6) is -1.19. The zero-order chi connectivity index (χ0) is 12.3. The summed E-state index contributed by atoms with van der Waals surface area (Å²) >= 11 is 0. The Balaban J connectivity index is 2.42. The Bertz CT molecular complexity index is 560. The summed E-state index contributed by atoms with van der Waals surface area (Å²) in [6.45, 7) is 0. The van der Waals surface area contributed by atoms with Crippen molar-refractivity contribution >= 4 is 16.7 Å². The Labute approximate surface area is 97.9 Å². The molecule has 4 heteroatoms. The molecule has 0 amide bonds. The van der Waals surface area contributed by atoms with Crippen LogP contribution in [0.5, 0.6) is 0 Å². The second kappa shape index (κ2) is 4.74. The van der Waals surface area contributed by atoms with E-state index in [1.165, 1.54) is 0 Å². The molecule has 0 saturated carbocycles. The fraction of sp³-hybridized carbons (Fsp3) is 0.154. The van der Waals surface area contributed by atoms with Crippen molar-refractivity contribution in [3.63, 3.8) is 0 Å². The number of benzene rings is 2. The average Bonchev–Trinajstić information content (AvgIpc) is 2.35. The predicted octanol–water partition coefficient (Wildman–Crippen LogP) is 2.60. The van der Waals surface area contributed by atoms with Crippen LogP contribution in [0.3, 0.4) is 0 Å². The maximum Gasteiger partial charge on any atom is 0.332 e. The van der Waals surface area contributed by atoms with Gasteiger partial charge < -0.3 is 5.11 Å². The lowest BCUT2D eigenvalue weighted by Crippen LogP contribution is -2.19. The minimum absolute atomic E-state index is 0.125. The molecule has 0 unspecified atom stereocenters. The van der Waals surface area contributed by atoms with Gasteiger partial charge in [0.05, 0.1) is 0 Å². The Morgan fingerprint density at radius 1 is 1.18 bits per heavy atom. The van der Waals surface area contributed by atoms with Crippen molar-refractivity contribution < 1.29 is 9.90 Å². The summed E-state index contributed by atoms with van der Waals surface area (Å²) < 4.78 is 0. The molecule has 2 aromatic carbocycles. The van der Waals surface area contributed by atoms with Crippen LogP contribution in [0.15, 0.2) is 47.6 Å². The number of carbonyl (C=O) groups is 1. The third kappa shape index (κ3) is 2.30. The second-order valence-electron chi connectivity index (χ2n) is 3.80. The average molecular weight is 229 g/mol. The van der Waals surface area contributed by atoms with E-state index in [0.717, 1.165) is 16.3 Å². The molecule has 0 aliphatic rings. The third-order valence-corrected chi connectivity index (χ3v) is 2.71. The number of hydrogen-bond acceptors (Lipinski definition) is 3. The van der Waals surface area contributed by atoms with E-state index in [2.05, 4.69) is 5.18 Å². The lowest BCUT2D eigenvalue weighted by molar-refractivity contribution is -0.138. The van der Waals surface area contributed by atoms with E-state index < -0.39 is 12.0 Å². The van der Waals surface area contributed by atoms with E-state index in [4.69, 9.17) is 5.11 Å². The highest BCUT2D eigenvalue weighted by Crippen LogP contribution is 2.20. The van der Waals surface area contributed by atoms with Crippen molar-refractivity contribution in [2.75, 3.05) is 0 Å². The van der Waals surface area contributed by atoms with Gasteiger partial charge in [0, 0.05) is 6.42 Å². The van der Waals surface area contributed by atoms with Crippen LogP contribution in [0.4, 0.5) is 0 Å². The van der Waals surface area contributed by atoms with Crippen LogP contribution in [0.1, 0.15) is 5.56 Å². The molecule has 0 aliphatic carbocycles. The highest BCUT2D eigenvalue weighted by Gasteiger charge is 2.19. The summed E-state index contributed by atoms with van der Waals surface area (Å²) in [5, 5.41) is 13.4. The fourth-order valence-corrected chi connectivity index (χ4v) is 1.85. The molecule has 0 aliphatic heterocycles. The molecule has 0 saturated heterocycles. The first kappa shape index (κ1) is 11.3. The standard InChI is InChI=1S/C13H11NO3/c15-13(16)12(14-17)8-10-6-3-5-9-4-1-2-7-11(9)10/h1-7,12H,8H2,(H,15,16)/t12-/m1/s1. The molecule has 17 heavy (non-hydrogen) atoms. The van der Waals surface area contributed by atoms with Crippen LogP contribution in [0.2, 0.25) is 0 Å². The molecule has 2 rings (SSSR count). The van der Waals surface area contributed by atoms with Crippen LogP contribution >= 0.6 is 0 Å². The highest BCUT2D eigenvalue weighted by molar-refractivity contribution is 5.86. The summed E-state index contributed by atoms with van der Waals surface area (Å²) in [6.07, 6.45) is 0.125. The molecule has 0 heterocycles. The van der Waals surface area contributed by atoms with Crippen LogP contribution in [-0.4, -0.2) is 17.1 Å². The minimum Gasteiger partial charge on any atom is -0.480 e. The smallest absolute Gasteiger partial charge is 0.332 e. The Morgan fingerprint density at radius 3 is 2.59 bits per heavy atom. The van der Waals surface area contributed by atoms with E-state index in [9.17, 15) is 9.70 Å². The van der Waals surface area contributed by atoms with Crippen molar-refractivity contribution in [1.82, 2.24) is 0 Å². The topological polar surface area (TPSA) is 66.7 Å². The minimum atomic E-state index is -1.22. The Kier molecular flexibility index (Phi) is 3.14. The fourth-order valence-electron chi connectivity index (χ4n) is 1.85. The van der Waals surface area contributed by atoms with Gasteiger partial charge in [-0.3, -0.25) is 0 Å². The normalized spacial score (nSPS) is 12.2. The third-order valence-electron chi connectivity index (χ3n) is 2.71. The molecule has 0 aromatic heterocycles. The molecule has 0 radical (unpaired) electrons. The molecular formula is C13H11NO3. The van der Waals surface area contributed by atoms with E-state index in [-0.39, 0.29) is 6.42 Å². The SMILES string of the molecule is O=N[C@H](Cc1cccc2ccccc12)C(=O)O. The number of nitroso groups, excluding NO2 is 1. The lowest BCUT2D eigenvalue weighted by Gasteiger charge is -2.07. The van der Waals surface area contributed by atoms with Gasteiger partial charge in [-0.25, -0.2) is 4.79 Å². The monoisotopic (exact) mass is 229 g/mol. The van der Waals surface area contributed by atoms with Gasteiger partial charge in [0.1, 0.15) is 0 Å². The van der Waals surface area contributed by atoms with Crippen molar-refractivity contribution in [3.8, 4) is 0 Å². The van der Waals surface area contributed by atoms with Crippen LogP contribution in [0.25, 0.3) is 10.8 Å². The first-order valence-corrected chi connectivity index (χ1v) is 5.24. The number of carboxylic acid groups (broad SMARTS) is 1. The van der Waals surface area contributed by atoms with E-state index in [1.807, 2.05) is 42.5 Å². The van der Waals surface area contributed by atoms with Crippen LogP contribution in [-0.2, 0) is 11.2 Å². The molecule has 4 nitrogen and oxygen atoms in total. The van der Waals surface area contributed by atoms with Crippen LogP contribution < -0.4 is 0 Å². The highest BCUT2D eigenvalue weighted by atomic mass is 16.4.